The van der Waals surface area contributed by atoms with Crippen molar-refractivity contribution in [3.8, 4) is 0 Å². The molecule has 0 aromatic carbocycles. The van der Waals surface area contributed by atoms with Gasteiger partial charge in [0, 0.05) is 12.8 Å². The quantitative estimate of drug-likeness (QED) is 0.467. The lowest BCUT2D eigenvalue weighted by molar-refractivity contribution is -0.165. The first-order valence-corrected chi connectivity index (χ1v) is 8.52. The molecule has 0 saturated carbocycles. The van der Waals surface area contributed by atoms with Gasteiger partial charge in [0.2, 0.25) is 0 Å². The van der Waals surface area contributed by atoms with Gasteiger partial charge in [-0.05, 0) is 30.5 Å². The molecule has 0 aromatic rings. The molecule has 0 aliphatic carbocycles. The van der Waals surface area contributed by atoms with Crippen molar-refractivity contribution in [2.75, 3.05) is 0 Å². The van der Waals surface area contributed by atoms with Gasteiger partial charge in [-0.3, -0.25) is 9.59 Å². The second-order valence-electron chi connectivity index (χ2n) is 5.77. The number of esters is 2. The molecule has 0 amide bonds. The minimum atomic E-state index is -2.28. The highest BCUT2D eigenvalue weighted by atomic mass is 28.4. The van der Waals surface area contributed by atoms with E-state index in [4.69, 9.17) is 0 Å². The van der Waals surface area contributed by atoms with Gasteiger partial charge >= 0.3 is 11.9 Å². The normalized spacial score (nSPS) is 19.8. The minimum absolute atomic E-state index is 0.0164. The van der Waals surface area contributed by atoms with Gasteiger partial charge in [-0.15, -0.1) is 0 Å². The lowest BCUT2D eigenvalue weighted by Gasteiger charge is -2.38. The highest BCUT2D eigenvalue weighted by Gasteiger charge is 2.41. The third kappa shape index (κ3) is 3.15. The van der Waals surface area contributed by atoms with Crippen LogP contribution in [0.4, 0.5) is 0 Å². The molecule has 0 aromatic heterocycles. The van der Waals surface area contributed by atoms with Gasteiger partial charge in [0.25, 0.3) is 0 Å². The Labute approximate surface area is 97.1 Å². The largest absolute Gasteiger partial charge is 0.432 e. The van der Waals surface area contributed by atoms with E-state index in [0.29, 0.717) is 19.3 Å². The molecule has 1 N–H and O–H groups in total. The monoisotopic (exact) mass is 244 g/mol. The Morgan fingerprint density at radius 3 is 2.12 bits per heavy atom. The van der Waals surface area contributed by atoms with E-state index in [0.717, 1.165) is 0 Å². The first-order valence-electron chi connectivity index (χ1n) is 5.58. The third-order valence-corrected chi connectivity index (χ3v) is 7.11. The summed E-state index contributed by atoms with van der Waals surface area (Å²) in [4.78, 5) is 32.4. The molecule has 0 bridgehead atoms. The van der Waals surface area contributed by atoms with Gasteiger partial charge in [-0.1, -0.05) is 13.8 Å². The van der Waals surface area contributed by atoms with E-state index >= 15 is 0 Å². The molecule has 0 atom stereocenters. The Bertz CT molecular complexity index is 288. The average Bonchev–Trinajstić information content (AvgIpc) is 1.97. The number of ether oxygens (including phenoxy) is 1. The van der Waals surface area contributed by atoms with E-state index in [1.807, 2.05) is 26.9 Å². The van der Waals surface area contributed by atoms with Crippen molar-refractivity contribution in [1.82, 2.24) is 0 Å². The van der Waals surface area contributed by atoms with Crippen LogP contribution in [-0.2, 0) is 14.3 Å². The molecule has 1 aliphatic rings. The summed E-state index contributed by atoms with van der Waals surface area (Å²) >= 11 is 0. The van der Waals surface area contributed by atoms with Gasteiger partial charge < -0.3 is 9.53 Å². The second kappa shape index (κ2) is 4.29. The molecular formula is C11H20O4Si. The molecule has 16 heavy (non-hydrogen) atoms. The summed E-state index contributed by atoms with van der Waals surface area (Å²) in [6, 6.07) is 0. The van der Waals surface area contributed by atoms with Crippen LogP contribution in [0.1, 0.15) is 33.1 Å². The van der Waals surface area contributed by atoms with Crippen LogP contribution in [0.15, 0.2) is 0 Å². The van der Waals surface area contributed by atoms with Crippen molar-refractivity contribution in [3.05, 3.63) is 0 Å². The van der Waals surface area contributed by atoms with Gasteiger partial charge in [0.05, 0.1) is 0 Å². The number of hydrogen-bond acceptors (Lipinski definition) is 4. The molecule has 1 fully saturated rings. The molecule has 1 aliphatic heterocycles. The molecule has 4 nitrogen and oxygen atoms in total. The van der Waals surface area contributed by atoms with Crippen LogP contribution >= 0.6 is 0 Å². The van der Waals surface area contributed by atoms with E-state index in [1.165, 1.54) is 0 Å². The predicted molar refractivity (Wildman–Crippen MR) is 62.2 cm³/mol. The summed E-state index contributed by atoms with van der Waals surface area (Å²) < 4.78 is 4.49. The van der Waals surface area contributed by atoms with Gasteiger partial charge in [0.1, 0.15) is 0 Å². The summed E-state index contributed by atoms with van der Waals surface area (Å²) in [6.45, 7) is 7.78. The average molecular weight is 244 g/mol. The third-order valence-electron chi connectivity index (χ3n) is 3.59. The lowest BCUT2D eigenvalue weighted by Crippen LogP contribution is -2.41. The number of carbonyl (C=O) groups excluding carboxylic acids is 2. The highest BCUT2D eigenvalue weighted by Crippen LogP contribution is 2.43. The minimum Gasteiger partial charge on any atom is -0.432 e. The molecule has 1 heterocycles. The van der Waals surface area contributed by atoms with E-state index in [9.17, 15) is 14.4 Å². The zero-order chi connectivity index (χ0) is 12.6. The van der Waals surface area contributed by atoms with Crippen molar-refractivity contribution in [2.45, 2.75) is 51.2 Å². The van der Waals surface area contributed by atoms with Crippen molar-refractivity contribution in [2.24, 2.45) is 5.92 Å². The lowest BCUT2D eigenvalue weighted by atomic mass is 9.89. The number of hydrogen-bond donors (Lipinski definition) is 1. The van der Waals surface area contributed by atoms with Crippen molar-refractivity contribution < 1.29 is 19.1 Å². The van der Waals surface area contributed by atoms with E-state index < -0.39 is 20.3 Å². The fourth-order valence-electron chi connectivity index (χ4n) is 1.87. The molecule has 1 rings (SSSR count). The summed E-state index contributed by atoms with van der Waals surface area (Å²) in [5.74, 6) is -0.855. The topological polar surface area (TPSA) is 63.6 Å². The first-order chi connectivity index (χ1) is 7.12. The van der Waals surface area contributed by atoms with Gasteiger partial charge in [-0.25, -0.2) is 0 Å². The number of rotatable bonds is 3. The summed E-state index contributed by atoms with van der Waals surface area (Å²) in [6.07, 6.45) is 1.28. The van der Waals surface area contributed by atoms with Gasteiger partial charge in [-0.2, -0.15) is 0 Å². The van der Waals surface area contributed by atoms with Crippen molar-refractivity contribution in [1.29, 1.82) is 0 Å². The fraction of sp³-hybridized carbons (Fsp3) is 0.818. The van der Waals surface area contributed by atoms with E-state index in [2.05, 4.69) is 4.74 Å². The van der Waals surface area contributed by atoms with Crippen LogP contribution in [0, 0.1) is 5.92 Å². The van der Waals surface area contributed by atoms with Crippen LogP contribution in [0.2, 0.25) is 18.1 Å². The number of carbonyl (C=O) groups is 2. The smallest absolute Gasteiger partial charge is 0.313 e. The second-order valence-corrected chi connectivity index (χ2v) is 10.2. The SMILES string of the molecule is CC(C)(CC1CC(=O)OC(=O)C1)[Si](C)(C)O. The molecule has 0 radical (unpaired) electrons. The van der Waals surface area contributed by atoms with Crippen LogP contribution in [0.5, 0.6) is 0 Å². The molecule has 5 heteroatoms. The molecule has 0 spiro atoms. The standard InChI is InChI=1S/C11H20O4Si/c1-11(2,16(3,4)14)7-8-5-9(12)15-10(13)6-8/h8,14H,5-7H2,1-4H3. The Kier molecular flexibility index (Phi) is 3.59. The van der Waals surface area contributed by atoms with Crippen LogP contribution in [-0.4, -0.2) is 25.1 Å². The van der Waals surface area contributed by atoms with Crippen molar-refractivity contribution in [3.63, 3.8) is 0 Å². The van der Waals surface area contributed by atoms with Crippen LogP contribution in [0.25, 0.3) is 0 Å². The zero-order valence-corrected chi connectivity index (χ0v) is 11.4. The van der Waals surface area contributed by atoms with Crippen LogP contribution in [0.3, 0.4) is 0 Å². The first kappa shape index (κ1) is 13.4. The maximum Gasteiger partial charge on any atom is 0.313 e. The Balaban J connectivity index is 2.67. The predicted octanol–water partition coefficient (Wildman–Crippen LogP) is 1.83. The summed E-state index contributed by atoms with van der Waals surface area (Å²) in [7, 11) is -2.28. The number of cyclic esters (lactones) is 2. The molecular weight excluding hydrogens is 224 g/mol. The van der Waals surface area contributed by atoms with Crippen molar-refractivity contribution >= 4 is 20.3 Å². The highest BCUT2D eigenvalue weighted by molar-refractivity contribution is 6.72. The zero-order valence-electron chi connectivity index (χ0n) is 10.4. The Morgan fingerprint density at radius 2 is 1.75 bits per heavy atom. The maximum atomic E-state index is 11.1. The summed E-state index contributed by atoms with van der Waals surface area (Å²) in [5.41, 5.74) is 0. The molecule has 0 unspecified atom stereocenters. The Hall–Kier alpha value is -0.683. The van der Waals surface area contributed by atoms with Crippen LogP contribution < -0.4 is 0 Å². The Morgan fingerprint density at radius 1 is 1.31 bits per heavy atom. The van der Waals surface area contributed by atoms with Gasteiger partial charge in [0.15, 0.2) is 8.32 Å². The summed E-state index contributed by atoms with van der Waals surface area (Å²) in [5, 5.41) is -0.199. The van der Waals surface area contributed by atoms with E-state index in [-0.39, 0.29) is 11.0 Å². The molecule has 1 saturated heterocycles. The molecule has 92 valence electrons. The van der Waals surface area contributed by atoms with E-state index in [1.54, 1.807) is 0 Å². The fourth-order valence-corrected chi connectivity index (χ4v) is 2.66. The maximum absolute atomic E-state index is 11.1.